The molecule has 2 heteroatoms. The van der Waals surface area contributed by atoms with Crippen LogP contribution in [0, 0.1) is 11.3 Å². The molecule has 2 aromatic rings. The number of anilines is 1. The van der Waals surface area contributed by atoms with Gasteiger partial charge < -0.3 is 5.32 Å². The third-order valence-corrected chi connectivity index (χ3v) is 2.94. The van der Waals surface area contributed by atoms with Crippen molar-refractivity contribution >= 4 is 5.69 Å². The first-order valence-corrected chi connectivity index (χ1v) is 6.14. The Morgan fingerprint density at radius 2 is 1.94 bits per heavy atom. The van der Waals surface area contributed by atoms with Gasteiger partial charge >= 0.3 is 0 Å². The van der Waals surface area contributed by atoms with Crippen molar-refractivity contribution in [2.24, 2.45) is 0 Å². The van der Waals surface area contributed by atoms with E-state index in [1.807, 2.05) is 30.3 Å². The molecule has 0 spiro atoms. The maximum Gasteiger partial charge on any atom is 0.0991 e. The standard InChI is InChI=1S/C16H16N2/c1-2-15-8-3-4-9-16(15)18-12-14-7-5-6-13(10-14)11-17/h3-10,18H,2,12H2,1H3. The summed E-state index contributed by atoms with van der Waals surface area (Å²) in [5.74, 6) is 0. The second-order valence-corrected chi connectivity index (χ2v) is 4.18. The van der Waals surface area contributed by atoms with Crippen molar-refractivity contribution in [3.63, 3.8) is 0 Å². The van der Waals surface area contributed by atoms with Gasteiger partial charge in [-0.3, -0.25) is 0 Å². The highest BCUT2D eigenvalue weighted by atomic mass is 14.9. The van der Waals surface area contributed by atoms with Crippen molar-refractivity contribution in [2.75, 3.05) is 5.32 Å². The molecule has 0 saturated carbocycles. The zero-order valence-corrected chi connectivity index (χ0v) is 10.5. The molecule has 0 unspecified atom stereocenters. The number of para-hydroxylation sites is 1. The van der Waals surface area contributed by atoms with Gasteiger partial charge in [0.25, 0.3) is 0 Å². The lowest BCUT2D eigenvalue weighted by Gasteiger charge is -2.10. The first-order chi connectivity index (χ1) is 8.83. The van der Waals surface area contributed by atoms with E-state index in [1.165, 1.54) is 11.3 Å². The van der Waals surface area contributed by atoms with Crippen LogP contribution in [0.15, 0.2) is 48.5 Å². The summed E-state index contributed by atoms with van der Waals surface area (Å²) in [6.45, 7) is 2.89. The molecule has 0 bridgehead atoms. The van der Waals surface area contributed by atoms with Gasteiger partial charge in [0.05, 0.1) is 11.6 Å². The summed E-state index contributed by atoms with van der Waals surface area (Å²) in [6.07, 6.45) is 1.02. The number of hydrogen-bond acceptors (Lipinski definition) is 2. The molecule has 0 heterocycles. The van der Waals surface area contributed by atoms with Gasteiger partial charge in [0.15, 0.2) is 0 Å². The third-order valence-electron chi connectivity index (χ3n) is 2.94. The lowest BCUT2D eigenvalue weighted by molar-refractivity contribution is 1.09. The lowest BCUT2D eigenvalue weighted by atomic mass is 10.1. The molecule has 2 aromatic carbocycles. The number of hydrogen-bond donors (Lipinski definition) is 1. The molecule has 90 valence electrons. The van der Waals surface area contributed by atoms with Crippen LogP contribution in [-0.4, -0.2) is 0 Å². The van der Waals surface area contributed by atoms with Gasteiger partial charge in [-0.2, -0.15) is 5.26 Å². The minimum absolute atomic E-state index is 0.707. The Morgan fingerprint density at radius 1 is 1.11 bits per heavy atom. The van der Waals surface area contributed by atoms with E-state index in [1.54, 1.807) is 0 Å². The average molecular weight is 236 g/mol. The summed E-state index contributed by atoms with van der Waals surface area (Å²) in [5.41, 5.74) is 4.31. The van der Waals surface area contributed by atoms with Crippen LogP contribution in [0.3, 0.4) is 0 Å². The number of nitriles is 1. The normalized spacial score (nSPS) is 9.78. The maximum atomic E-state index is 8.86. The molecule has 0 aromatic heterocycles. The fourth-order valence-electron chi connectivity index (χ4n) is 1.95. The summed E-state index contributed by atoms with van der Waals surface area (Å²) in [5, 5.41) is 12.3. The van der Waals surface area contributed by atoms with Gasteiger partial charge in [0.1, 0.15) is 0 Å². The number of nitrogens with zero attached hydrogens (tertiary/aromatic N) is 1. The molecule has 1 N–H and O–H groups in total. The summed E-state index contributed by atoms with van der Waals surface area (Å²) >= 11 is 0. The zero-order valence-electron chi connectivity index (χ0n) is 10.5. The Balaban J connectivity index is 2.09. The fraction of sp³-hybridized carbons (Fsp3) is 0.188. The first kappa shape index (κ1) is 12.2. The van der Waals surface area contributed by atoms with E-state index in [-0.39, 0.29) is 0 Å². The summed E-state index contributed by atoms with van der Waals surface area (Å²) < 4.78 is 0. The Kier molecular flexibility index (Phi) is 3.98. The molecule has 0 fully saturated rings. The largest absolute Gasteiger partial charge is 0.381 e. The molecule has 0 amide bonds. The quantitative estimate of drug-likeness (QED) is 0.878. The van der Waals surface area contributed by atoms with Crippen molar-refractivity contribution in [3.8, 4) is 6.07 Å². The minimum atomic E-state index is 0.707. The van der Waals surface area contributed by atoms with E-state index in [9.17, 15) is 0 Å². The van der Waals surface area contributed by atoms with Crippen LogP contribution in [0.1, 0.15) is 23.6 Å². The highest BCUT2D eigenvalue weighted by molar-refractivity contribution is 5.51. The molecule has 2 nitrogen and oxygen atoms in total. The van der Waals surface area contributed by atoms with Crippen molar-refractivity contribution in [2.45, 2.75) is 19.9 Å². The molecule has 2 rings (SSSR count). The van der Waals surface area contributed by atoms with Gasteiger partial charge in [-0.25, -0.2) is 0 Å². The first-order valence-electron chi connectivity index (χ1n) is 6.14. The highest BCUT2D eigenvalue weighted by Crippen LogP contribution is 2.16. The topological polar surface area (TPSA) is 35.8 Å². The molecule has 18 heavy (non-hydrogen) atoms. The van der Waals surface area contributed by atoms with Crippen molar-refractivity contribution in [3.05, 3.63) is 65.2 Å². The maximum absolute atomic E-state index is 8.86. The summed E-state index contributed by atoms with van der Waals surface area (Å²) in [4.78, 5) is 0. The van der Waals surface area contributed by atoms with Crippen molar-refractivity contribution in [1.29, 1.82) is 5.26 Å². The molecular weight excluding hydrogens is 220 g/mol. The van der Waals surface area contributed by atoms with Gasteiger partial charge in [0, 0.05) is 12.2 Å². The van der Waals surface area contributed by atoms with Crippen LogP contribution in [-0.2, 0) is 13.0 Å². The minimum Gasteiger partial charge on any atom is -0.381 e. The number of benzene rings is 2. The smallest absolute Gasteiger partial charge is 0.0991 e. The van der Waals surface area contributed by atoms with Crippen LogP contribution < -0.4 is 5.32 Å². The molecule has 0 atom stereocenters. The molecule has 0 aliphatic heterocycles. The van der Waals surface area contributed by atoms with Gasteiger partial charge in [-0.05, 0) is 35.7 Å². The van der Waals surface area contributed by atoms with Gasteiger partial charge in [0.2, 0.25) is 0 Å². The van der Waals surface area contributed by atoms with Crippen LogP contribution >= 0.6 is 0 Å². The number of rotatable bonds is 4. The SMILES string of the molecule is CCc1ccccc1NCc1cccc(C#N)c1. The second kappa shape index (κ2) is 5.88. The van der Waals surface area contributed by atoms with E-state index in [0.717, 1.165) is 18.5 Å². The predicted molar refractivity (Wildman–Crippen MR) is 74.3 cm³/mol. The monoisotopic (exact) mass is 236 g/mol. The highest BCUT2D eigenvalue weighted by Gasteiger charge is 2.00. The van der Waals surface area contributed by atoms with Crippen molar-refractivity contribution in [1.82, 2.24) is 0 Å². The van der Waals surface area contributed by atoms with Crippen LogP contribution in [0.2, 0.25) is 0 Å². The second-order valence-electron chi connectivity index (χ2n) is 4.18. The number of nitrogens with one attached hydrogen (secondary N) is 1. The average Bonchev–Trinajstić information content (AvgIpc) is 2.45. The van der Waals surface area contributed by atoms with Gasteiger partial charge in [-0.1, -0.05) is 37.3 Å². The van der Waals surface area contributed by atoms with E-state index in [2.05, 4.69) is 36.5 Å². The predicted octanol–water partition coefficient (Wildman–Crippen LogP) is 3.73. The Hall–Kier alpha value is -2.27. The fourth-order valence-corrected chi connectivity index (χ4v) is 1.95. The summed E-state index contributed by atoms with van der Waals surface area (Å²) in [6, 6.07) is 18.2. The molecule has 0 radical (unpaired) electrons. The number of aryl methyl sites for hydroxylation is 1. The van der Waals surface area contributed by atoms with E-state index < -0.39 is 0 Å². The van der Waals surface area contributed by atoms with Crippen molar-refractivity contribution < 1.29 is 0 Å². The van der Waals surface area contributed by atoms with E-state index >= 15 is 0 Å². The van der Waals surface area contributed by atoms with Crippen LogP contribution in [0.5, 0.6) is 0 Å². The Bertz CT molecular complexity index is 567. The molecule has 0 aliphatic rings. The molecule has 0 aliphatic carbocycles. The van der Waals surface area contributed by atoms with Crippen LogP contribution in [0.25, 0.3) is 0 Å². The van der Waals surface area contributed by atoms with Gasteiger partial charge in [-0.15, -0.1) is 0 Å². The molecule has 0 saturated heterocycles. The van der Waals surface area contributed by atoms with E-state index in [0.29, 0.717) is 5.56 Å². The third kappa shape index (κ3) is 2.89. The summed E-state index contributed by atoms with van der Waals surface area (Å²) in [7, 11) is 0. The van der Waals surface area contributed by atoms with E-state index in [4.69, 9.17) is 5.26 Å². The lowest BCUT2D eigenvalue weighted by Crippen LogP contribution is -2.02. The Morgan fingerprint density at radius 3 is 2.72 bits per heavy atom. The molecular formula is C16H16N2. The van der Waals surface area contributed by atoms with Crippen LogP contribution in [0.4, 0.5) is 5.69 Å². The Labute approximate surface area is 108 Å². The zero-order chi connectivity index (χ0) is 12.8.